The minimum atomic E-state index is 0.0501. The first-order chi connectivity index (χ1) is 11.4. The van der Waals surface area contributed by atoms with Crippen molar-refractivity contribution in [1.29, 1.82) is 0 Å². The highest BCUT2D eigenvalue weighted by Gasteiger charge is 2.24. The van der Waals surface area contributed by atoms with E-state index in [1.54, 1.807) is 0 Å². The molecule has 1 aromatic rings. The molecule has 24 heavy (non-hydrogen) atoms. The zero-order chi connectivity index (χ0) is 17.2. The summed E-state index contributed by atoms with van der Waals surface area (Å²) in [6.07, 6.45) is 0. The summed E-state index contributed by atoms with van der Waals surface area (Å²) >= 11 is 0. The number of hydrogen-bond donors (Lipinski definition) is 1. The average Bonchev–Trinajstić information content (AvgIpc) is 2.57. The molecule has 0 aromatic heterocycles. The van der Waals surface area contributed by atoms with Crippen molar-refractivity contribution in [3.8, 4) is 5.75 Å². The number of hydrogen-bond acceptors (Lipinski definition) is 5. The van der Waals surface area contributed by atoms with Crippen molar-refractivity contribution in [3.63, 3.8) is 0 Å². The molecule has 2 heterocycles. The zero-order valence-electron chi connectivity index (χ0n) is 15.2. The average molecular weight is 334 g/mol. The molecule has 0 atom stereocenters. The van der Waals surface area contributed by atoms with Crippen LogP contribution in [0, 0.1) is 0 Å². The Morgan fingerprint density at radius 2 is 1.54 bits per heavy atom. The standard InChI is InChI=1S/C19H30N2O3/c1-19(2,3)16-12-15(14-20-4-8-23-9-5-20)18(22)17(13-16)21-6-10-24-11-7-21/h12-13,22H,4-11,14H2,1-3H3. The molecule has 0 spiro atoms. The lowest BCUT2D eigenvalue weighted by atomic mass is 9.85. The topological polar surface area (TPSA) is 45.2 Å². The van der Waals surface area contributed by atoms with Crippen molar-refractivity contribution in [3.05, 3.63) is 23.3 Å². The van der Waals surface area contributed by atoms with Crippen molar-refractivity contribution < 1.29 is 14.6 Å². The van der Waals surface area contributed by atoms with Crippen LogP contribution in [0.25, 0.3) is 0 Å². The largest absolute Gasteiger partial charge is 0.505 e. The Labute approximate surface area is 145 Å². The molecule has 1 aromatic carbocycles. The van der Waals surface area contributed by atoms with Gasteiger partial charge in [-0.2, -0.15) is 0 Å². The third-order valence-corrected chi connectivity index (χ3v) is 4.88. The van der Waals surface area contributed by atoms with Gasteiger partial charge in [-0.25, -0.2) is 0 Å². The van der Waals surface area contributed by atoms with Crippen LogP contribution in [-0.4, -0.2) is 62.6 Å². The lowest BCUT2D eigenvalue weighted by Gasteiger charge is -2.33. The molecule has 5 nitrogen and oxygen atoms in total. The summed E-state index contributed by atoms with van der Waals surface area (Å²) in [7, 11) is 0. The Hall–Kier alpha value is -1.30. The summed E-state index contributed by atoms with van der Waals surface area (Å²) in [6.45, 7) is 13.9. The van der Waals surface area contributed by atoms with Crippen molar-refractivity contribution in [2.75, 3.05) is 57.5 Å². The number of anilines is 1. The van der Waals surface area contributed by atoms with Crippen LogP contribution in [0.15, 0.2) is 12.1 Å². The molecule has 1 N–H and O–H groups in total. The fourth-order valence-electron chi connectivity index (χ4n) is 3.28. The van der Waals surface area contributed by atoms with E-state index in [9.17, 15) is 5.11 Å². The molecule has 0 bridgehead atoms. The van der Waals surface area contributed by atoms with Gasteiger partial charge in [-0.3, -0.25) is 4.90 Å². The Morgan fingerprint density at radius 1 is 0.958 bits per heavy atom. The van der Waals surface area contributed by atoms with Gasteiger partial charge in [-0.15, -0.1) is 0 Å². The molecule has 2 aliphatic heterocycles. The molecule has 0 radical (unpaired) electrons. The molecule has 5 heteroatoms. The van der Waals surface area contributed by atoms with Crippen LogP contribution in [-0.2, 0) is 21.4 Å². The van der Waals surface area contributed by atoms with Gasteiger partial charge in [0.2, 0.25) is 0 Å². The van der Waals surface area contributed by atoms with E-state index in [2.05, 4.69) is 42.7 Å². The van der Waals surface area contributed by atoms with E-state index >= 15 is 0 Å². The minimum Gasteiger partial charge on any atom is -0.505 e. The van der Waals surface area contributed by atoms with E-state index in [0.29, 0.717) is 5.75 Å². The first-order valence-corrected chi connectivity index (χ1v) is 8.94. The first kappa shape index (κ1) is 17.5. The molecular weight excluding hydrogens is 304 g/mol. The highest BCUT2D eigenvalue weighted by molar-refractivity contribution is 5.64. The maximum absolute atomic E-state index is 10.9. The van der Waals surface area contributed by atoms with Crippen molar-refractivity contribution in [2.45, 2.75) is 32.7 Å². The second kappa shape index (κ2) is 7.30. The predicted octanol–water partition coefficient (Wildman–Crippen LogP) is 2.36. The Bertz CT molecular complexity index is 556. The normalized spacial score (nSPS) is 20.4. The van der Waals surface area contributed by atoms with Crippen molar-refractivity contribution >= 4 is 5.69 Å². The highest BCUT2D eigenvalue weighted by atomic mass is 16.5. The van der Waals surface area contributed by atoms with Gasteiger partial charge in [0, 0.05) is 38.3 Å². The third kappa shape index (κ3) is 4.02. The van der Waals surface area contributed by atoms with Crippen LogP contribution >= 0.6 is 0 Å². The van der Waals surface area contributed by atoms with E-state index in [-0.39, 0.29) is 5.41 Å². The van der Waals surface area contributed by atoms with Crippen LogP contribution in [0.3, 0.4) is 0 Å². The van der Waals surface area contributed by atoms with E-state index in [1.807, 2.05) is 0 Å². The molecule has 0 unspecified atom stereocenters. The van der Waals surface area contributed by atoms with Gasteiger partial charge < -0.3 is 19.5 Å². The molecule has 2 fully saturated rings. The maximum atomic E-state index is 10.9. The number of phenolic OH excluding ortho intramolecular Hbond substituents is 1. The quantitative estimate of drug-likeness (QED) is 0.919. The molecule has 0 saturated carbocycles. The van der Waals surface area contributed by atoms with Gasteiger partial charge in [-0.1, -0.05) is 26.8 Å². The Morgan fingerprint density at radius 3 is 2.12 bits per heavy atom. The van der Waals surface area contributed by atoms with Gasteiger partial charge in [0.05, 0.1) is 32.1 Å². The summed E-state index contributed by atoms with van der Waals surface area (Å²) in [5.74, 6) is 0.427. The summed E-state index contributed by atoms with van der Waals surface area (Å²) < 4.78 is 10.9. The summed E-state index contributed by atoms with van der Waals surface area (Å²) in [5.41, 5.74) is 3.29. The zero-order valence-corrected chi connectivity index (χ0v) is 15.2. The number of morpholine rings is 2. The van der Waals surface area contributed by atoms with Crippen LogP contribution in [0.1, 0.15) is 31.9 Å². The smallest absolute Gasteiger partial charge is 0.143 e. The molecular formula is C19H30N2O3. The van der Waals surface area contributed by atoms with Crippen LogP contribution in [0.5, 0.6) is 5.75 Å². The predicted molar refractivity (Wildman–Crippen MR) is 95.9 cm³/mol. The molecule has 2 aliphatic rings. The monoisotopic (exact) mass is 334 g/mol. The number of aromatic hydroxyl groups is 1. The number of phenols is 1. The van der Waals surface area contributed by atoms with E-state index in [1.165, 1.54) is 5.56 Å². The number of benzene rings is 1. The van der Waals surface area contributed by atoms with E-state index in [4.69, 9.17) is 9.47 Å². The fourth-order valence-corrected chi connectivity index (χ4v) is 3.28. The van der Waals surface area contributed by atoms with Crippen LogP contribution in [0.2, 0.25) is 0 Å². The van der Waals surface area contributed by atoms with Gasteiger partial charge in [0.1, 0.15) is 5.75 Å². The summed E-state index contributed by atoms with van der Waals surface area (Å²) in [5, 5.41) is 10.9. The number of rotatable bonds is 3. The first-order valence-electron chi connectivity index (χ1n) is 8.94. The van der Waals surface area contributed by atoms with Gasteiger partial charge in [0.25, 0.3) is 0 Å². The van der Waals surface area contributed by atoms with Gasteiger partial charge >= 0.3 is 0 Å². The molecule has 2 saturated heterocycles. The summed E-state index contributed by atoms with van der Waals surface area (Å²) in [6, 6.07) is 4.33. The molecule has 0 amide bonds. The van der Waals surface area contributed by atoms with Crippen molar-refractivity contribution in [1.82, 2.24) is 4.90 Å². The van der Waals surface area contributed by atoms with Crippen LogP contribution in [0.4, 0.5) is 5.69 Å². The van der Waals surface area contributed by atoms with Crippen LogP contribution < -0.4 is 4.90 Å². The Balaban J connectivity index is 1.93. The third-order valence-electron chi connectivity index (χ3n) is 4.88. The fraction of sp³-hybridized carbons (Fsp3) is 0.684. The SMILES string of the molecule is CC(C)(C)c1cc(CN2CCOCC2)c(O)c(N2CCOCC2)c1. The van der Waals surface area contributed by atoms with Gasteiger partial charge in [0.15, 0.2) is 0 Å². The molecule has 0 aliphatic carbocycles. The summed E-state index contributed by atoms with van der Waals surface area (Å²) in [4.78, 5) is 4.60. The second-order valence-corrected chi connectivity index (χ2v) is 7.74. The van der Waals surface area contributed by atoms with Crippen molar-refractivity contribution in [2.24, 2.45) is 0 Å². The van der Waals surface area contributed by atoms with Gasteiger partial charge in [-0.05, 0) is 17.0 Å². The lowest BCUT2D eigenvalue weighted by Crippen LogP contribution is -2.37. The second-order valence-electron chi connectivity index (χ2n) is 7.74. The number of nitrogens with zero attached hydrogens (tertiary/aromatic N) is 2. The number of ether oxygens (including phenoxy) is 2. The highest BCUT2D eigenvalue weighted by Crippen LogP contribution is 2.37. The molecule has 3 rings (SSSR count). The lowest BCUT2D eigenvalue weighted by molar-refractivity contribution is 0.0338. The molecule has 134 valence electrons. The maximum Gasteiger partial charge on any atom is 0.143 e. The Kier molecular flexibility index (Phi) is 5.33. The minimum absolute atomic E-state index is 0.0501. The van der Waals surface area contributed by atoms with E-state index in [0.717, 1.165) is 70.4 Å². The van der Waals surface area contributed by atoms with E-state index < -0.39 is 0 Å².